The molecule has 3 heterocycles. The minimum absolute atomic E-state index is 0.279. The van der Waals surface area contributed by atoms with Crippen LogP contribution in [-0.2, 0) is 24.3 Å². The molecular formula is C19H27N5O. The van der Waals surface area contributed by atoms with Gasteiger partial charge < -0.3 is 5.73 Å². The highest BCUT2D eigenvalue weighted by Gasteiger charge is 2.27. The van der Waals surface area contributed by atoms with Gasteiger partial charge in [0.1, 0.15) is 0 Å². The molecule has 0 aliphatic carbocycles. The molecule has 3 rings (SSSR count). The van der Waals surface area contributed by atoms with Crippen LogP contribution in [0.25, 0.3) is 0 Å². The molecule has 1 saturated heterocycles. The Bertz CT molecular complexity index is 711. The molecule has 2 aromatic rings. The van der Waals surface area contributed by atoms with E-state index in [4.69, 9.17) is 10.7 Å². The van der Waals surface area contributed by atoms with Crippen LogP contribution in [0.15, 0.2) is 30.6 Å². The number of carbonyl (C=O) groups excluding carboxylic acids is 1. The van der Waals surface area contributed by atoms with Gasteiger partial charge in [0.15, 0.2) is 0 Å². The zero-order chi connectivity index (χ0) is 17.6. The molecule has 1 atom stereocenters. The zero-order valence-electron chi connectivity index (χ0n) is 14.9. The van der Waals surface area contributed by atoms with Crippen molar-refractivity contribution in [2.45, 2.75) is 58.2 Å². The lowest BCUT2D eigenvalue weighted by molar-refractivity contribution is -0.118. The number of carbonyl (C=O) groups is 1. The summed E-state index contributed by atoms with van der Waals surface area (Å²) in [6.07, 6.45) is 8.48. The molecule has 134 valence electrons. The third kappa shape index (κ3) is 4.66. The lowest BCUT2D eigenvalue weighted by atomic mass is 10.1. The zero-order valence-corrected chi connectivity index (χ0v) is 14.9. The van der Waals surface area contributed by atoms with Crippen LogP contribution >= 0.6 is 0 Å². The first-order chi connectivity index (χ1) is 12.2. The number of rotatable bonds is 8. The standard InChI is InChI=1S/C19H27N5O/c1-2-10-24-14-15(12-21-24)13-23-11-4-7-18(23)17-6-3-5-16(22-17)8-9-19(20)25/h3,5-6,12,14,18H,2,4,7-11,13H2,1H3,(H2,20,25). The molecule has 1 unspecified atom stereocenters. The largest absolute Gasteiger partial charge is 0.370 e. The molecule has 1 aliphatic rings. The summed E-state index contributed by atoms with van der Waals surface area (Å²) in [4.78, 5) is 18.3. The van der Waals surface area contributed by atoms with Gasteiger partial charge in [-0.15, -0.1) is 0 Å². The van der Waals surface area contributed by atoms with E-state index in [1.165, 1.54) is 12.0 Å². The third-order valence-corrected chi connectivity index (χ3v) is 4.69. The first-order valence-corrected chi connectivity index (χ1v) is 9.15. The Balaban J connectivity index is 1.68. The van der Waals surface area contributed by atoms with Gasteiger partial charge in [-0.3, -0.25) is 19.4 Å². The van der Waals surface area contributed by atoms with E-state index in [1.54, 1.807) is 0 Å². The minimum atomic E-state index is -0.279. The lowest BCUT2D eigenvalue weighted by Crippen LogP contribution is -2.23. The fraction of sp³-hybridized carbons (Fsp3) is 0.526. The normalized spacial score (nSPS) is 17.9. The summed E-state index contributed by atoms with van der Waals surface area (Å²) in [5.41, 5.74) is 8.54. The van der Waals surface area contributed by atoms with Crippen molar-refractivity contribution in [2.75, 3.05) is 6.54 Å². The van der Waals surface area contributed by atoms with Crippen LogP contribution in [0.5, 0.6) is 0 Å². The average molecular weight is 341 g/mol. The molecule has 6 nitrogen and oxygen atoms in total. The van der Waals surface area contributed by atoms with Crippen molar-refractivity contribution >= 4 is 5.91 Å². The van der Waals surface area contributed by atoms with Gasteiger partial charge in [0.25, 0.3) is 0 Å². The Morgan fingerprint density at radius 2 is 2.28 bits per heavy atom. The van der Waals surface area contributed by atoms with Crippen molar-refractivity contribution in [1.29, 1.82) is 0 Å². The van der Waals surface area contributed by atoms with Gasteiger partial charge in [-0.05, 0) is 44.4 Å². The molecule has 1 aliphatic heterocycles. The fourth-order valence-electron chi connectivity index (χ4n) is 3.50. The summed E-state index contributed by atoms with van der Waals surface area (Å²) in [7, 11) is 0. The maximum absolute atomic E-state index is 11.0. The van der Waals surface area contributed by atoms with Crippen molar-refractivity contribution in [3.05, 3.63) is 47.5 Å². The van der Waals surface area contributed by atoms with Crippen LogP contribution in [0.1, 0.15) is 55.6 Å². The summed E-state index contributed by atoms with van der Waals surface area (Å²) in [6, 6.07) is 6.44. The van der Waals surface area contributed by atoms with E-state index in [9.17, 15) is 4.79 Å². The lowest BCUT2D eigenvalue weighted by Gasteiger charge is -2.23. The summed E-state index contributed by atoms with van der Waals surface area (Å²) < 4.78 is 2.02. The van der Waals surface area contributed by atoms with Gasteiger partial charge in [0.05, 0.1) is 17.9 Å². The smallest absolute Gasteiger partial charge is 0.217 e. The highest BCUT2D eigenvalue weighted by atomic mass is 16.1. The van der Waals surface area contributed by atoms with E-state index >= 15 is 0 Å². The van der Waals surface area contributed by atoms with E-state index in [0.29, 0.717) is 18.9 Å². The number of pyridine rings is 1. The number of amides is 1. The SMILES string of the molecule is CCCn1cc(CN2CCCC2c2cccc(CCC(N)=O)n2)cn1. The second-order valence-electron chi connectivity index (χ2n) is 6.76. The molecule has 1 fully saturated rings. The molecule has 2 aromatic heterocycles. The molecule has 0 radical (unpaired) electrons. The highest BCUT2D eigenvalue weighted by molar-refractivity contribution is 5.73. The summed E-state index contributed by atoms with van der Waals surface area (Å²) in [6.45, 7) is 5.11. The van der Waals surface area contributed by atoms with Gasteiger partial charge in [-0.2, -0.15) is 5.10 Å². The second kappa shape index (κ2) is 8.25. The van der Waals surface area contributed by atoms with Gasteiger partial charge in [-0.1, -0.05) is 13.0 Å². The van der Waals surface area contributed by atoms with Gasteiger partial charge in [-0.25, -0.2) is 0 Å². The number of hydrogen-bond donors (Lipinski definition) is 1. The molecule has 0 aromatic carbocycles. The number of aromatic nitrogens is 3. The monoisotopic (exact) mass is 341 g/mol. The Labute approximate surface area is 149 Å². The molecule has 25 heavy (non-hydrogen) atoms. The minimum Gasteiger partial charge on any atom is -0.370 e. The molecule has 2 N–H and O–H groups in total. The van der Waals surface area contributed by atoms with E-state index in [1.807, 2.05) is 23.0 Å². The van der Waals surface area contributed by atoms with Crippen LogP contribution in [0.3, 0.4) is 0 Å². The van der Waals surface area contributed by atoms with Crippen molar-refractivity contribution in [2.24, 2.45) is 5.73 Å². The van der Waals surface area contributed by atoms with Crippen LogP contribution in [0.4, 0.5) is 0 Å². The molecule has 6 heteroatoms. The predicted octanol–water partition coefficient (Wildman–Crippen LogP) is 2.44. The van der Waals surface area contributed by atoms with E-state index < -0.39 is 0 Å². The van der Waals surface area contributed by atoms with E-state index in [-0.39, 0.29) is 5.91 Å². The Kier molecular flexibility index (Phi) is 5.81. The Hall–Kier alpha value is -2.21. The number of aryl methyl sites for hydroxylation is 2. The summed E-state index contributed by atoms with van der Waals surface area (Å²) >= 11 is 0. The number of hydrogen-bond acceptors (Lipinski definition) is 4. The van der Waals surface area contributed by atoms with Gasteiger partial charge >= 0.3 is 0 Å². The average Bonchev–Trinajstić information content (AvgIpc) is 3.24. The van der Waals surface area contributed by atoms with Crippen LogP contribution in [-0.4, -0.2) is 32.1 Å². The van der Waals surface area contributed by atoms with Crippen molar-refractivity contribution < 1.29 is 4.79 Å². The van der Waals surface area contributed by atoms with Crippen LogP contribution in [0.2, 0.25) is 0 Å². The Morgan fingerprint density at radius 3 is 3.08 bits per heavy atom. The van der Waals surface area contributed by atoms with E-state index in [2.05, 4.69) is 29.2 Å². The van der Waals surface area contributed by atoms with Crippen molar-refractivity contribution in [3.63, 3.8) is 0 Å². The van der Waals surface area contributed by atoms with Gasteiger partial charge in [0, 0.05) is 37.0 Å². The van der Waals surface area contributed by atoms with E-state index in [0.717, 1.165) is 43.9 Å². The predicted molar refractivity (Wildman–Crippen MR) is 96.7 cm³/mol. The maximum Gasteiger partial charge on any atom is 0.217 e. The topological polar surface area (TPSA) is 77.0 Å². The summed E-state index contributed by atoms with van der Waals surface area (Å²) in [5.74, 6) is -0.279. The second-order valence-corrected chi connectivity index (χ2v) is 6.76. The van der Waals surface area contributed by atoms with Gasteiger partial charge in [0.2, 0.25) is 5.91 Å². The number of nitrogens with zero attached hydrogens (tertiary/aromatic N) is 4. The molecule has 0 saturated carbocycles. The Morgan fingerprint density at radius 1 is 1.40 bits per heavy atom. The van der Waals surface area contributed by atoms with Crippen LogP contribution < -0.4 is 5.73 Å². The molecule has 0 bridgehead atoms. The molecule has 1 amide bonds. The highest BCUT2D eigenvalue weighted by Crippen LogP contribution is 2.32. The summed E-state index contributed by atoms with van der Waals surface area (Å²) in [5, 5.41) is 4.43. The van der Waals surface area contributed by atoms with Crippen LogP contribution in [0, 0.1) is 0 Å². The number of primary amides is 1. The molecular weight excluding hydrogens is 314 g/mol. The maximum atomic E-state index is 11.0. The third-order valence-electron chi connectivity index (χ3n) is 4.69. The molecule has 0 spiro atoms. The van der Waals surface area contributed by atoms with Crippen molar-refractivity contribution in [3.8, 4) is 0 Å². The number of likely N-dealkylation sites (tertiary alicyclic amines) is 1. The fourth-order valence-corrected chi connectivity index (χ4v) is 3.50. The first kappa shape index (κ1) is 17.6. The number of nitrogens with two attached hydrogens (primary N) is 1. The first-order valence-electron chi connectivity index (χ1n) is 9.15. The van der Waals surface area contributed by atoms with Crippen molar-refractivity contribution in [1.82, 2.24) is 19.7 Å². The quantitative estimate of drug-likeness (QED) is 0.800.